The standard InChI is InChI=1S/C30H42N8O3/c31-26(32)22-15-13-19(14-16-22)18-23(20-8-3-1-4-9-20)28(40)38-25(21-10-5-2-6-11-21)29(41)37-24(27(33)39)12-7-17-36-30(34)35/h2,5-6,10-11,13-16,20,23-25H,1,3-4,7-9,12,17-18H2,(H3,31,32)(H2,33,39)(H,37,41)(H,38,40)(H4,34,35,36)/t23-,24-,25-/m0/s1. The second-order valence-corrected chi connectivity index (χ2v) is 10.6. The van der Waals surface area contributed by atoms with Crippen molar-refractivity contribution in [3.63, 3.8) is 0 Å². The average Bonchev–Trinajstić information content (AvgIpc) is 2.96. The molecule has 1 saturated carbocycles. The molecule has 41 heavy (non-hydrogen) atoms. The number of nitrogen functional groups attached to an aromatic ring is 1. The van der Waals surface area contributed by atoms with Crippen LogP contribution in [-0.4, -0.2) is 42.1 Å². The van der Waals surface area contributed by atoms with E-state index in [4.69, 9.17) is 28.3 Å². The first-order valence-corrected chi connectivity index (χ1v) is 14.1. The van der Waals surface area contributed by atoms with Crippen molar-refractivity contribution in [2.45, 2.75) is 63.5 Å². The van der Waals surface area contributed by atoms with Crippen molar-refractivity contribution in [2.75, 3.05) is 6.54 Å². The highest BCUT2D eigenvalue weighted by Crippen LogP contribution is 2.33. The lowest BCUT2D eigenvalue weighted by atomic mass is 9.76. The minimum atomic E-state index is -1.02. The van der Waals surface area contributed by atoms with Crippen LogP contribution in [0.15, 0.2) is 59.6 Å². The average molecular weight is 563 g/mol. The molecule has 0 aliphatic heterocycles. The quantitative estimate of drug-likeness (QED) is 0.103. The largest absolute Gasteiger partial charge is 0.384 e. The third-order valence-corrected chi connectivity index (χ3v) is 7.56. The molecule has 0 spiro atoms. The van der Waals surface area contributed by atoms with Gasteiger partial charge in [-0.3, -0.25) is 24.8 Å². The van der Waals surface area contributed by atoms with Gasteiger partial charge in [0, 0.05) is 18.0 Å². The van der Waals surface area contributed by atoms with Gasteiger partial charge in [0.1, 0.15) is 17.9 Å². The van der Waals surface area contributed by atoms with Gasteiger partial charge < -0.3 is 33.6 Å². The number of primary amides is 1. The lowest BCUT2D eigenvalue weighted by Gasteiger charge is -2.31. The van der Waals surface area contributed by atoms with Crippen molar-refractivity contribution < 1.29 is 14.4 Å². The van der Waals surface area contributed by atoms with Crippen molar-refractivity contribution in [1.82, 2.24) is 10.6 Å². The predicted octanol–water partition coefficient (Wildman–Crippen LogP) is 1.59. The molecule has 1 aliphatic rings. The summed E-state index contributed by atoms with van der Waals surface area (Å²) >= 11 is 0. The molecule has 2 aromatic rings. The first kappa shape index (κ1) is 31.1. The molecule has 11 nitrogen and oxygen atoms in total. The zero-order chi connectivity index (χ0) is 29.8. The Hall–Kier alpha value is -4.41. The van der Waals surface area contributed by atoms with E-state index < -0.39 is 23.9 Å². The fourth-order valence-corrected chi connectivity index (χ4v) is 5.32. The van der Waals surface area contributed by atoms with Gasteiger partial charge in [0.25, 0.3) is 0 Å². The molecule has 3 amide bonds. The van der Waals surface area contributed by atoms with Gasteiger partial charge in [0.05, 0.1) is 0 Å². The number of carbonyl (C=O) groups excluding carboxylic acids is 3. The number of guanidine groups is 1. The molecule has 0 aromatic heterocycles. The summed E-state index contributed by atoms with van der Waals surface area (Å²) in [4.78, 5) is 43.5. The van der Waals surface area contributed by atoms with Crippen LogP contribution in [-0.2, 0) is 20.8 Å². The van der Waals surface area contributed by atoms with E-state index in [0.717, 1.165) is 37.7 Å². The predicted molar refractivity (Wildman–Crippen MR) is 160 cm³/mol. The Balaban J connectivity index is 1.81. The summed E-state index contributed by atoms with van der Waals surface area (Å²) in [6.07, 6.45) is 6.30. The molecule has 220 valence electrons. The number of amidine groups is 1. The maximum absolute atomic E-state index is 13.9. The Labute approximate surface area is 241 Å². The van der Waals surface area contributed by atoms with Gasteiger partial charge in [0.15, 0.2) is 5.96 Å². The molecule has 1 aliphatic carbocycles. The number of amides is 3. The molecule has 11 N–H and O–H groups in total. The summed E-state index contributed by atoms with van der Waals surface area (Å²) in [5.74, 6) is -1.69. The summed E-state index contributed by atoms with van der Waals surface area (Å²) in [5, 5.41) is 13.4. The Morgan fingerprint density at radius 1 is 0.878 bits per heavy atom. The first-order valence-electron chi connectivity index (χ1n) is 14.1. The minimum Gasteiger partial charge on any atom is -0.384 e. The van der Waals surface area contributed by atoms with E-state index in [2.05, 4.69) is 15.6 Å². The van der Waals surface area contributed by atoms with E-state index in [1.54, 1.807) is 36.4 Å². The molecular weight excluding hydrogens is 520 g/mol. The Morgan fingerprint density at radius 3 is 2.12 bits per heavy atom. The molecule has 0 radical (unpaired) electrons. The summed E-state index contributed by atoms with van der Waals surface area (Å²) in [6.45, 7) is 0.289. The second-order valence-electron chi connectivity index (χ2n) is 10.6. The van der Waals surface area contributed by atoms with E-state index >= 15 is 0 Å². The third kappa shape index (κ3) is 9.63. The lowest BCUT2D eigenvalue weighted by molar-refractivity contribution is -0.134. The summed E-state index contributed by atoms with van der Waals surface area (Å²) in [6, 6.07) is 14.3. The molecule has 11 heteroatoms. The smallest absolute Gasteiger partial charge is 0.247 e. The fourth-order valence-electron chi connectivity index (χ4n) is 5.32. The Bertz CT molecular complexity index is 1210. The van der Waals surface area contributed by atoms with Crippen LogP contribution in [0.2, 0.25) is 0 Å². The van der Waals surface area contributed by atoms with E-state index in [1.807, 2.05) is 18.2 Å². The van der Waals surface area contributed by atoms with E-state index in [1.165, 1.54) is 0 Å². The number of nitrogens with two attached hydrogens (primary N) is 4. The molecule has 0 bridgehead atoms. The van der Waals surface area contributed by atoms with E-state index in [-0.39, 0.29) is 42.5 Å². The topological polar surface area (TPSA) is 216 Å². The number of rotatable bonds is 14. The van der Waals surface area contributed by atoms with Crippen LogP contribution in [0.3, 0.4) is 0 Å². The molecule has 0 heterocycles. The van der Waals surface area contributed by atoms with Gasteiger partial charge in [0.2, 0.25) is 17.7 Å². The molecule has 0 saturated heterocycles. The van der Waals surface area contributed by atoms with E-state index in [9.17, 15) is 14.4 Å². The van der Waals surface area contributed by atoms with Gasteiger partial charge in [-0.2, -0.15) is 0 Å². The molecule has 3 rings (SSSR count). The number of nitrogens with zero attached hydrogens (tertiary/aromatic N) is 1. The molecule has 2 aromatic carbocycles. The summed E-state index contributed by atoms with van der Waals surface area (Å²) in [7, 11) is 0. The van der Waals surface area contributed by atoms with Crippen LogP contribution in [0.25, 0.3) is 0 Å². The monoisotopic (exact) mass is 562 g/mol. The maximum atomic E-state index is 13.9. The highest BCUT2D eigenvalue weighted by Gasteiger charge is 2.33. The molecule has 0 unspecified atom stereocenters. The molecule has 1 fully saturated rings. The summed E-state index contributed by atoms with van der Waals surface area (Å²) < 4.78 is 0. The van der Waals surface area contributed by atoms with Crippen LogP contribution in [0.4, 0.5) is 0 Å². The minimum absolute atomic E-state index is 0.0136. The zero-order valence-electron chi connectivity index (χ0n) is 23.4. The third-order valence-electron chi connectivity index (χ3n) is 7.56. The fraction of sp³-hybridized carbons (Fsp3) is 0.433. The van der Waals surface area contributed by atoms with Crippen molar-refractivity contribution in [3.05, 3.63) is 71.3 Å². The van der Waals surface area contributed by atoms with E-state index in [0.29, 0.717) is 24.0 Å². The van der Waals surface area contributed by atoms with Crippen LogP contribution < -0.4 is 33.6 Å². The molecule has 3 atom stereocenters. The van der Waals surface area contributed by atoms with Crippen LogP contribution in [0.1, 0.15) is 67.7 Å². The summed E-state index contributed by atoms with van der Waals surface area (Å²) in [5.41, 5.74) is 24.1. The van der Waals surface area contributed by atoms with Gasteiger partial charge in [-0.1, -0.05) is 73.9 Å². The maximum Gasteiger partial charge on any atom is 0.247 e. The number of nitrogens with one attached hydrogen (secondary N) is 3. The highest BCUT2D eigenvalue weighted by molar-refractivity contribution is 5.95. The zero-order valence-corrected chi connectivity index (χ0v) is 23.4. The highest BCUT2D eigenvalue weighted by atomic mass is 16.2. The molecular formula is C30H42N8O3. The Morgan fingerprint density at radius 2 is 1.54 bits per heavy atom. The normalized spacial score (nSPS) is 15.6. The van der Waals surface area contributed by atoms with Crippen LogP contribution in [0.5, 0.6) is 0 Å². The number of carbonyl (C=O) groups is 3. The number of hydrogen-bond acceptors (Lipinski definition) is 5. The van der Waals surface area contributed by atoms with Gasteiger partial charge in [-0.05, 0) is 49.1 Å². The van der Waals surface area contributed by atoms with Crippen LogP contribution in [0, 0.1) is 17.2 Å². The lowest BCUT2D eigenvalue weighted by Crippen LogP contribution is -2.50. The number of aliphatic imine (C=N–C) groups is 1. The van der Waals surface area contributed by atoms with Crippen molar-refractivity contribution in [3.8, 4) is 0 Å². The first-order chi connectivity index (χ1) is 19.7. The Kier molecular flexibility index (Phi) is 11.7. The number of benzene rings is 2. The van der Waals surface area contributed by atoms with Gasteiger partial charge in [-0.15, -0.1) is 0 Å². The van der Waals surface area contributed by atoms with Gasteiger partial charge >= 0.3 is 0 Å². The van der Waals surface area contributed by atoms with Crippen molar-refractivity contribution >= 4 is 29.5 Å². The van der Waals surface area contributed by atoms with Crippen molar-refractivity contribution in [2.24, 2.45) is 39.8 Å². The van der Waals surface area contributed by atoms with Crippen molar-refractivity contribution in [1.29, 1.82) is 5.41 Å². The van der Waals surface area contributed by atoms with Crippen LogP contribution >= 0.6 is 0 Å². The SMILES string of the molecule is N=C(N)c1ccc(C[C@H](C(=O)N[C@H](C(=O)N[C@@H](CCCN=C(N)N)C(N)=O)c2ccccc2)C2CCCCC2)cc1. The van der Waals surface area contributed by atoms with Gasteiger partial charge in [-0.25, -0.2) is 0 Å². The number of hydrogen-bond donors (Lipinski definition) is 7. The second kappa shape index (κ2) is 15.4.